The molecule has 0 unspecified atom stereocenters. The lowest BCUT2D eigenvalue weighted by Crippen LogP contribution is -2.35. The highest BCUT2D eigenvalue weighted by Crippen LogP contribution is 2.23. The Morgan fingerprint density at radius 1 is 0.350 bits per heavy atom. The number of hydrogen-bond donors (Lipinski definition) is 0. The summed E-state index contributed by atoms with van der Waals surface area (Å²) >= 11 is 0. The van der Waals surface area contributed by atoms with E-state index in [1.807, 2.05) is 0 Å². The molecule has 1 aromatic rings. The van der Waals surface area contributed by atoms with Gasteiger partial charge in [-0.15, -0.1) is 0 Å². The summed E-state index contributed by atoms with van der Waals surface area (Å²) < 4.78 is 32.1. The second kappa shape index (κ2) is 23.5. The quantitative estimate of drug-likeness (QED) is 0.0745. The molecule has 0 heterocycles. The van der Waals surface area contributed by atoms with Crippen LogP contribution in [0.2, 0.25) is 0 Å². The Morgan fingerprint density at radius 2 is 0.575 bits per heavy atom. The molecule has 6 heteroatoms. The molecule has 1 rings (SSSR count). The molecule has 0 amide bonds. The van der Waals surface area contributed by atoms with Crippen LogP contribution in [0.5, 0.6) is 0 Å². The number of unbranched alkanes of at least 4 members (excludes halogenated alkanes) is 14. The molecule has 40 heavy (non-hydrogen) atoms. The van der Waals surface area contributed by atoms with Crippen LogP contribution in [-0.4, -0.2) is 54.6 Å². The van der Waals surface area contributed by atoms with Crippen LogP contribution in [0.3, 0.4) is 0 Å². The van der Waals surface area contributed by atoms with E-state index in [9.17, 15) is 0 Å². The van der Waals surface area contributed by atoms with Crippen molar-refractivity contribution in [3.05, 3.63) is 35.4 Å². The molecule has 0 fully saturated rings. The van der Waals surface area contributed by atoms with Crippen molar-refractivity contribution in [3.63, 3.8) is 0 Å². The van der Waals surface area contributed by atoms with E-state index in [0.29, 0.717) is 0 Å². The van der Waals surface area contributed by atoms with Crippen molar-refractivity contribution in [2.24, 2.45) is 0 Å². The number of aryl methyl sites for hydroxylation is 2. The Kier molecular flexibility index (Phi) is 21.8. The van der Waals surface area contributed by atoms with Gasteiger partial charge in [-0.2, -0.15) is 0 Å². The topological polar surface area (TPSA) is 55.4 Å². The van der Waals surface area contributed by atoms with Crippen LogP contribution in [0.15, 0.2) is 24.3 Å². The van der Waals surface area contributed by atoms with E-state index in [1.165, 1.54) is 114 Å². The number of rotatable bonds is 28. The van der Waals surface area contributed by atoms with Crippen LogP contribution in [0, 0.1) is 0 Å². The number of hydrogen-bond acceptors (Lipinski definition) is 6. The molecule has 0 aliphatic rings. The smallest absolute Gasteiger partial charge is 0.282 e. The predicted molar refractivity (Wildman–Crippen MR) is 164 cm³/mol. The van der Waals surface area contributed by atoms with Gasteiger partial charge in [-0.25, -0.2) is 0 Å². The Balaban J connectivity index is 1.97. The number of methoxy groups -OCH3 is 6. The fraction of sp³-hybridized carbons (Fsp3) is 0.824. The van der Waals surface area contributed by atoms with E-state index in [0.717, 1.165) is 25.7 Å². The Bertz CT molecular complexity index is 609. The zero-order valence-electron chi connectivity index (χ0n) is 26.9. The van der Waals surface area contributed by atoms with Crippen molar-refractivity contribution in [2.75, 3.05) is 42.7 Å². The van der Waals surface area contributed by atoms with Crippen molar-refractivity contribution in [1.29, 1.82) is 0 Å². The fourth-order valence-electron chi connectivity index (χ4n) is 5.45. The van der Waals surface area contributed by atoms with E-state index in [-0.39, 0.29) is 0 Å². The first-order valence-corrected chi connectivity index (χ1v) is 15.9. The third kappa shape index (κ3) is 15.8. The highest BCUT2D eigenvalue weighted by atomic mass is 16.9. The average molecular weight is 567 g/mol. The fourth-order valence-corrected chi connectivity index (χ4v) is 5.45. The summed E-state index contributed by atoms with van der Waals surface area (Å²) in [7, 11) is 9.81. The largest absolute Gasteiger partial charge is 0.331 e. The molecule has 6 nitrogen and oxygen atoms in total. The van der Waals surface area contributed by atoms with Gasteiger partial charge < -0.3 is 28.4 Å². The minimum Gasteiger partial charge on any atom is -0.331 e. The molecule has 0 N–H and O–H groups in total. The molecule has 0 aliphatic carbocycles. The molecule has 0 atom stereocenters. The third-order valence-electron chi connectivity index (χ3n) is 8.29. The van der Waals surface area contributed by atoms with E-state index < -0.39 is 11.9 Å². The van der Waals surface area contributed by atoms with Crippen LogP contribution in [-0.2, 0) is 41.3 Å². The minimum absolute atomic E-state index is 0.776. The first-order valence-electron chi connectivity index (χ1n) is 15.9. The van der Waals surface area contributed by atoms with Gasteiger partial charge in [0.15, 0.2) is 0 Å². The van der Waals surface area contributed by atoms with Crippen LogP contribution in [0.4, 0.5) is 0 Å². The lowest BCUT2D eigenvalue weighted by molar-refractivity contribution is -0.355. The summed E-state index contributed by atoms with van der Waals surface area (Å²) in [5.74, 6) is -1.73. The zero-order chi connectivity index (χ0) is 29.4. The molecule has 0 aromatic heterocycles. The first-order chi connectivity index (χ1) is 19.5. The van der Waals surface area contributed by atoms with Gasteiger partial charge in [0.05, 0.1) is 0 Å². The summed E-state index contributed by atoms with van der Waals surface area (Å²) in [5, 5.41) is 0. The zero-order valence-corrected chi connectivity index (χ0v) is 26.9. The third-order valence-corrected chi connectivity index (χ3v) is 8.29. The van der Waals surface area contributed by atoms with Gasteiger partial charge in [0.1, 0.15) is 0 Å². The summed E-state index contributed by atoms with van der Waals surface area (Å²) in [4.78, 5) is 0. The molecule has 0 radical (unpaired) electrons. The maximum atomic E-state index is 5.36. The Morgan fingerprint density at radius 3 is 0.825 bits per heavy atom. The minimum atomic E-state index is -0.867. The van der Waals surface area contributed by atoms with Crippen molar-refractivity contribution in [3.8, 4) is 0 Å². The molecule has 0 saturated heterocycles. The molecule has 0 bridgehead atoms. The number of benzene rings is 1. The van der Waals surface area contributed by atoms with Crippen LogP contribution >= 0.6 is 0 Å². The van der Waals surface area contributed by atoms with Crippen molar-refractivity contribution >= 4 is 0 Å². The Labute approximate surface area is 246 Å². The van der Waals surface area contributed by atoms with Crippen LogP contribution in [0.1, 0.15) is 127 Å². The van der Waals surface area contributed by atoms with E-state index >= 15 is 0 Å². The normalized spacial score (nSPS) is 12.3. The second-order valence-corrected chi connectivity index (χ2v) is 11.1. The molecule has 234 valence electrons. The van der Waals surface area contributed by atoms with Gasteiger partial charge in [-0.05, 0) is 49.7 Å². The molecular weight excluding hydrogens is 504 g/mol. The lowest BCUT2D eigenvalue weighted by Gasteiger charge is -2.28. The van der Waals surface area contributed by atoms with Crippen LogP contribution in [0.25, 0.3) is 0 Å². The second-order valence-electron chi connectivity index (χ2n) is 11.1. The van der Waals surface area contributed by atoms with Gasteiger partial charge >= 0.3 is 0 Å². The maximum absolute atomic E-state index is 5.36. The summed E-state index contributed by atoms with van der Waals surface area (Å²) in [5.41, 5.74) is 2.97. The molecule has 1 aromatic carbocycles. The molecular formula is C34H62O6. The summed E-state index contributed by atoms with van der Waals surface area (Å²) in [6.07, 6.45) is 24.3. The maximum Gasteiger partial charge on any atom is 0.282 e. The SMILES string of the molecule is COC(CCCCCCCCCCc1ccc(CCCCCCCCCCC(OC)(OC)OC)cc1)(OC)OC. The van der Waals surface area contributed by atoms with Gasteiger partial charge in [0.2, 0.25) is 0 Å². The lowest BCUT2D eigenvalue weighted by atomic mass is 10.0. The van der Waals surface area contributed by atoms with E-state index in [4.69, 9.17) is 28.4 Å². The van der Waals surface area contributed by atoms with E-state index in [2.05, 4.69) is 24.3 Å². The molecule has 0 spiro atoms. The molecule has 0 saturated carbocycles. The van der Waals surface area contributed by atoms with Gasteiger partial charge in [0.25, 0.3) is 11.9 Å². The predicted octanol–water partition coefficient (Wildman–Crippen LogP) is 8.98. The number of ether oxygens (including phenoxy) is 6. The van der Waals surface area contributed by atoms with Crippen LogP contribution < -0.4 is 0 Å². The standard InChI is InChI=1S/C34H62O6/c1-35-33(36-2,37-3)29-21-17-13-9-7-11-15-19-23-31-25-27-32(28-26-31)24-20-16-12-8-10-14-18-22-30-34(38-4,39-5)40-6/h25-28H,7-24,29-30H2,1-6H3. The van der Waals surface area contributed by atoms with Gasteiger partial charge in [0, 0.05) is 55.5 Å². The summed E-state index contributed by atoms with van der Waals surface area (Å²) in [6, 6.07) is 9.39. The molecule has 0 aliphatic heterocycles. The average Bonchev–Trinajstić information content (AvgIpc) is 3.00. The highest BCUT2D eigenvalue weighted by Gasteiger charge is 2.29. The van der Waals surface area contributed by atoms with Gasteiger partial charge in [-0.3, -0.25) is 0 Å². The van der Waals surface area contributed by atoms with Crippen molar-refractivity contribution in [1.82, 2.24) is 0 Å². The van der Waals surface area contributed by atoms with Crippen molar-refractivity contribution in [2.45, 2.75) is 140 Å². The monoisotopic (exact) mass is 566 g/mol. The summed E-state index contributed by atoms with van der Waals surface area (Å²) in [6.45, 7) is 0. The van der Waals surface area contributed by atoms with Crippen molar-refractivity contribution < 1.29 is 28.4 Å². The Hall–Kier alpha value is -1.02. The first kappa shape index (κ1) is 37.0. The highest BCUT2D eigenvalue weighted by molar-refractivity contribution is 5.22. The van der Waals surface area contributed by atoms with E-state index in [1.54, 1.807) is 42.7 Å². The van der Waals surface area contributed by atoms with Gasteiger partial charge in [-0.1, -0.05) is 101 Å².